The van der Waals surface area contributed by atoms with Gasteiger partial charge in [0.25, 0.3) is 0 Å². The van der Waals surface area contributed by atoms with Crippen LogP contribution in [0.5, 0.6) is 0 Å². The van der Waals surface area contributed by atoms with E-state index in [9.17, 15) is 4.39 Å². The monoisotopic (exact) mass is 138 g/mol. The third-order valence-corrected chi connectivity index (χ3v) is 1.12. The molecule has 0 fully saturated rings. The first kappa shape index (κ1) is 6.74. The zero-order valence-electron chi connectivity index (χ0n) is 5.29. The van der Waals surface area contributed by atoms with E-state index in [-0.39, 0.29) is 5.82 Å². The number of nitrogens with zero attached hydrogens (tertiary/aromatic N) is 1. The molecule has 52 valence electrons. The molecule has 0 aliphatic rings. The lowest BCUT2D eigenvalue weighted by atomic mass is 10.2. The van der Waals surface area contributed by atoms with Crippen molar-refractivity contribution in [3.05, 3.63) is 35.6 Å². The fourth-order valence-electron chi connectivity index (χ4n) is 0.660. The summed E-state index contributed by atoms with van der Waals surface area (Å²) in [5.74, 6) is 4.52. The van der Waals surface area contributed by atoms with Gasteiger partial charge >= 0.3 is 0 Å². The predicted octanol–water partition coefficient (Wildman–Crippen LogP) is 1.12. The van der Waals surface area contributed by atoms with Crippen LogP contribution in [0.2, 0.25) is 0 Å². The molecule has 1 aromatic carbocycles. The number of benzene rings is 1. The summed E-state index contributed by atoms with van der Waals surface area (Å²) in [6.07, 6.45) is 1.27. The van der Waals surface area contributed by atoms with Gasteiger partial charge < -0.3 is 5.84 Å². The molecular weight excluding hydrogens is 131 g/mol. The minimum Gasteiger partial charge on any atom is -0.323 e. The standard InChI is InChI=1S/C7H7FN2/c8-7-4-2-1-3-6(7)5-10-9/h1-5H,9H2/b10-5-. The summed E-state index contributed by atoms with van der Waals surface area (Å²) < 4.78 is 12.6. The van der Waals surface area contributed by atoms with Crippen molar-refractivity contribution in [1.29, 1.82) is 0 Å². The zero-order chi connectivity index (χ0) is 7.40. The van der Waals surface area contributed by atoms with Crippen molar-refractivity contribution >= 4 is 6.21 Å². The summed E-state index contributed by atoms with van der Waals surface area (Å²) in [5.41, 5.74) is 0.407. The van der Waals surface area contributed by atoms with Crippen LogP contribution >= 0.6 is 0 Å². The Kier molecular flexibility index (Phi) is 1.99. The summed E-state index contributed by atoms with van der Waals surface area (Å²) >= 11 is 0. The second-order valence-corrected chi connectivity index (χ2v) is 1.80. The van der Waals surface area contributed by atoms with Gasteiger partial charge in [0.15, 0.2) is 0 Å². The molecule has 0 aliphatic heterocycles. The van der Waals surface area contributed by atoms with Gasteiger partial charge in [-0.3, -0.25) is 0 Å². The second-order valence-electron chi connectivity index (χ2n) is 1.80. The summed E-state index contributed by atoms with van der Waals surface area (Å²) in [6.45, 7) is 0. The average Bonchev–Trinajstić information content (AvgIpc) is 1.94. The minimum atomic E-state index is -0.309. The van der Waals surface area contributed by atoms with Gasteiger partial charge in [0, 0.05) is 5.56 Å². The average molecular weight is 138 g/mol. The Bertz CT molecular complexity index is 245. The molecule has 1 aromatic rings. The van der Waals surface area contributed by atoms with E-state index < -0.39 is 0 Å². The largest absolute Gasteiger partial charge is 0.323 e. The molecule has 3 heteroatoms. The number of hydrogen-bond acceptors (Lipinski definition) is 2. The second kappa shape index (κ2) is 2.96. The Morgan fingerprint density at radius 1 is 1.40 bits per heavy atom. The summed E-state index contributed by atoms with van der Waals surface area (Å²) in [6, 6.07) is 6.30. The van der Waals surface area contributed by atoms with Crippen LogP contribution in [-0.4, -0.2) is 6.21 Å². The molecule has 0 spiro atoms. The van der Waals surface area contributed by atoms with Gasteiger partial charge in [-0.05, 0) is 6.07 Å². The molecule has 0 heterocycles. The highest BCUT2D eigenvalue weighted by atomic mass is 19.1. The SMILES string of the molecule is N/N=C\c1ccccc1F. The van der Waals surface area contributed by atoms with Crippen molar-refractivity contribution in [3.63, 3.8) is 0 Å². The van der Waals surface area contributed by atoms with Gasteiger partial charge in [-0.2, -0.15) is 5.10 Å². The fraction of sp³-hybridized carbons (Fsp3) is 0. The molecule has 0 amide bonds. The Balaban J connectivity index is 3.03. The Morgan fingerprint density at radius 3 is 2.70 bits per heavy atom. The van der Waals surface area contributed by atoms with Gasteiger partial charge in [0.1, 0.15) is 5.82 Å². The first-order valence-corrected chi connectivity index (χ1v) is 2.82. The van der Waals surface area contributed by atoms with Crippen molar-refractivity contribution in [2.24, 2.45) is 10.9 Å². The zero-order valence-corrected chi connectivity index (χ0v) is 5.29. The Hall–Kier alpha value is -1.38. The van der Waals surface area contributed by atoms with Crippen LogP contribution in [0.3, 0.4) is 0 Å². The lowest BCUT2D eigenvalue weighted by Gasteiger charge is -1.91. The molecule has 2 nitrogen and oxygen atoms in total. The van der Waals surface area contributed by atoms with E-state index in [1.807, 2.05) is 0 Å². The minimum absolute atomic E-state index is 0.309. The normalized spacial score (nSPS) is 10.5. The third-order valence-electron chi connectivity index (χ3n) is 1.12. The van der Waals surface area contributed by atoms with Crippen LogP contribution in [-0.2, 0) is 0 Å². The number of hydrogen-bond donors (Lipinski definition) is 1. The molecule has 0 saturated heterocycles. The number of hydrazone groups is 1. The van der Waals surface area contributed by atoms with Crippen molar-refractivity contribution in [1.82, 2.24) is 0 Å². The topological polar surface area (TPSA) is 38.4 Å². The van der Waals surface area contributed by atoms with Gasteiger partial charge in [-0.25, -0.2) is 4.39 Å². The predicted molar refractivity (Wildman–Crippen MR) is 38.2 cm³/mol. The van der Waals surface area contributed by atoms with Crippen LogP contribution in [0.15, 0.2) is 29.4 Å². The molecule has 0 aromatic heterocycles. The van der Waals surface area contributed by atoms with Crippen LogP contribution in [0.1, 0.15) is 5.56 Å². The van der Waals surface area contributed by atoms with Crippen LogP contribution < -0.4 is 5.84 Å². The van der Waals surface area contributed by atoms with E-state index in [2.05, 4.69) is 5.10 Å². The quantitative estimate of drug-likeness (QED) is 0.352. The highest BCUT2D eigenvalue weighted by Gasteiger charge is 1.93. The number of rotatable bonds is 1. The molecular formula is C7H7FN2. The molecule has 0 aliphatic carbocycles. The maximum absolute atomic E-state index is 12.6. The van der Waals surface area contributed by atoms with E-state index in [0.717, 1.165) is 0 Å². The molecule has 0 bridgehead atoms. The first-order valence-electron chi connectivity index (χ1n) is 2.82. The van der Waals surface area contributed by atoms with Gasteiger partial charge in [0.05, 0.1) is 6.21 Å². The lowest BCUT2D eigenvalue weighted by molar-refractivity contribution is 0.626. The summed E-state index contributed by atoms with van der Waals surface area (Å²) in [7, 11) is 0. The van der Waals surface area contributed by atoms with E-state index in [4.69, 9.17) is 5.84 Å². The van der Waals surface area contributed by atoms with Crippen molar-refractivity contribution in [2.75, 3.05) is 0 Å². The maximum atomic E-state index is 12.6. The van der Waals surface area contributed by atoms with Gasteiger partial charge in [0.2, 0.25) is 0 Å². The number of halogens is 1. The van der Waals surface area contributed by atoms with Crippen molar-refractivity contribution < 1.29 is 4.39 Å². The fourth-order valence-corrected chi connectivity index (χ4v) is 0.660. The van der Waals surface area contributed by atoms with E-state index in [1.54, 1.807) is 18.2 Å². The van der Waals surface area contributed by atoms with Gasteiger partial charge in [-0.15, -0.1) is 0 Å². The molecule has 2 N–H and O–H groups in total. The smallest absolute Gasteiger partial charge is 0.132 e. The van der Waals surface area contributed by atoms with E-state index in [1.165, 1.54) is 12.3 Å². The Labute approximate surface area is 58.2 Å². The van der Waals surface area contributed by atoms with Crippen LogP contribution in [0, 0.1) is 5.82 Å². The van der Waals surface area contributed by atoms with Crippen LogP contribution in [0.4, 0.5) is 4.39 Å². The highest BCUT2D eigenvalue weighted by Crippen LogP contribution is 2.01. The van der Waals surface area contributed by atoms with E-state index >= 15 is 0 Å². The molecule has 0 unspecified atom stereocenters. The highest BCUT2D eigenvalue weighted by molar-refractivity contribution is 5.79. The lowest BCUT2D eigenvalue weighted by Crippen LogP contribution is -1.89. The molecule has 0 saturated carbocycles. The third kappa shape index (κ3) is 1.31. The van der Waals surface area contributed by atoms with Gasteiger partial charge in [-0.1, -0.05) is 18.2 Å². The summed E-state index contributed by atoms with van der Waals surface area (Å²) in [5, 5.41) is 3.20. The molecule has 0 atom stereocenters. The molecule has 10 heavy (non-hydrogen) atoms. The van der Waals surface area contributed by atoms with Crippen LogP contribution in [0.25, 0.3) is 0 Å². The number of nitrogens with two attached hydrogens (primary N) is 1. The summed E-state index contributed by atoms with van der Waals surface area (Å²) in [4.78, 5) is 0. The molecule has 1 rings (SSSR count). The Morgan fingerprint density at radius 2 is 2.10 bits per heavy atom. The molecule has 0 radical (unpaired) electrons. The van der Waals surface area contributed by atoms with Crippen molar-refractivity contribution in [2.45, 2.75) is 0 Å². The van der Waals surface area contributed by atoms with Crippen molar-refractivity contribution in [3.8, 4) is 0 Å². The first-order chi connectivity index (χ1) is 4.84. The van der Waals surface area contributed by atoms with E-state index in [0.29, 0.717) is 5.56 Å². The maximum Gasteiger partial charge on any atom is 0.132 e.